The number of hydrogen-bond acceptors (Lipinski definition) is 4. The molecular weight excluding hydrogens is 180 g/mol. The number of likely N-dealkylation sites (tertiary alicyclic amines) is 1. The van der Waals surface area contributed by atoms with Gasteiger partial charge in [0.15, 0.2) is 6.39 Å². The highest BCUT2D eigenvalue weighted by Gasteiger charge is 2.19. The van der Waals surface area contributed by atoms with E-state index in [-0.39, 0.29) is 0 Å². The minimum absolute atomic E-state index is 0.385. The number of nitrogens with zero attached hydrogens (tertiary/aromatic N) is 2. The van der Waals surface area contributed by atoms with E-state index < -0.39 is 0 Å². The van der Waals surface area contributed by atoms with Crippen LogP contribution in [0, 0.1) is 0 Å². The minimum Gasteiger partial charge on any atom is -0.451 e. The average molecular weight is 196 g/mol. The maximum Gasteiger partial charge on any atom is 0.180 e. The molecule has 2 heterocycles. The molecule has 1 saturated heterocycles. The molecule has 0 radical (unpaired) electrons. The van der Waals surface area contributed by atoms with E-state index in [0.717, 1.165) is 25.3 Å². The van der Waals surface area contributed by atoms with Gasteiger partial charge < -0.3 is 9.15 Å². The minimum atomic E-state index is 0.385. The second-order valence-corrected chi connectivity index (χ2v) is 3.71. The summed E-state index contributed by atoms with van der Waals surface area (Å²) in [5.41, 5.74) is 1.00. The molecule has 0 N–H and O–H groups in total. The first-order chi connectivity index (χ1) is 6.88. The van der Waals surface area contributed by atoms with Gasteiger partial charge in [-0.15, -0.1) is 0 Å². The van der Waals surface area contributed by atoms with Crippen molar-refractivity contribution in [2.45, 2.75) is 25.5 Å². The van der Waals surface area contributed by atoms with Crippen LogP contribution in [0.4, 0.5) is 0 Å². The summed E-state index contributed by atoms with van der Waals surface area (Å²) in [4.78, 5) is 6.47. The first-order valence-corrected chi connectivity index (χ1v) is 5.00. The molecule has 0 amide bonds. The highest BCUT2D eigenvalue weighted by atomic mass is 16.5. The second kappa shape index (κ2) is 4.57. The van der Waals surface area contributed by atoms with Crippen molar-refractivity contribution >= 4 is 0 Å². The van der Waals surface area contributed by atoms with E-state index in [4.69, 9.17) is 9.15 Å². The molecule has 78 valence electrons. The largest absolute Gasteiger partial charge is 0.451 e. The molecule has 0 saturated carbocycles. The van der Waals surface area contributed by atoms with E-state index in [1.54, 1.807) is 13.4 Å². The molecule has 4 heteroatoms. The Bertz CT molecular complexity index is 261. The van der Waals surface area contributed by atoms with Gasteiger partial charge in [0.1, 0.15) is 6.26 Å². The molecule has 1 aliphatic rings. The van der Waals surface area contributed by atoms with Crippen LogP contribution in [-0.4, -0.2) is 36.2 Å². The van der Waals surface area contributed by atoms with Crippen molar-refractivity contribution in [3.05, 3.63) is 18.4 Å². The van der Waals surface area contributed by atoms with Crippen LogP contribution >= 0.6 is 0 Å². The van der Waals surface area contributed by atoms with Crippen LogP contribution in [0.5, 0.6) is 0 Å². The van der Waals surface area contributed by atoms with E-state index >= 15 is 0 Å². The van der Waals surface area contributed by atoms with E-state index in [2.05, 4.69) is 9.88 Å². The SMILES string of the molecule is COC1CCCN(Cc2cocn2)C1. The molecule has 0 bridgehead atoms. The fourth-order valence-corrected chi connectivity index (χ4v) is 1.89. The quantitative estimate of drug-likeness (QED) is 0.730. The first kappa shape index (κ1) is 9.68. The topological polar surface area (TPSA) is 38.5 Å². The zero-order chi connectivity index (χ0) is 9.80. The lowest BCUT2D eigenvalue weighted by atomic mass is 10.1. The predicted molar refractivity (Wildman–Crippen MR) is 51.8 cm³/mol. The lowest BCUT2D eigenvalue weighted by Crippen LogP contribution is -2.38. The van der Waals surface area contributed by atoms with Crippen LogP contribution in [0.25, 0.3) is 0 Å². The fourth-order valence-electron chi connectivity index (χ4n) is 1.89. The smallest absolute Gasteiger partial charge is 0.180 e. The summed E-state index contributed by atoms with van der Waals surface area (Å²) in [6.07, 6.45) is 5.95. The van der Waals surface area contributed by atoms with Crippen molar-refractivity contribution in [3.8, 4) is 0 Å². The zero-order valence-corrected chi connectivity index (χ0v) is 8.48. The van der Waals surface area contributed by atoms with Crippen molar-refractivity contribution in [2.24, 2.45) is 0 Å². The highest BCUT2D eigenvalue weighted by Crippen LogP contribution is 2.14. The Kier molecular flexibility index (Phi) is 3.16. The molecular formula is C10H16N2O2. The summed E-state index contributed by atoms with van der Waals surface area (Å²) in [7, 11) is 1.78. The van der Waals surface area contributed by atoms with E-state index in [1.807, 2.05) is 0 Å². The molecule has 1 atom stereocenters. The molecule has 1 aromatic rings. The average Bonchev–Trinajstić information content (AvgIpc) is 2.71. The fraction of sp³-hybridized carbons (Fsp3) is 0.700. The van der Waals surface area contributed by atoms with Gasteiger partial charge in [-0.2, -0.15) is 0 Å². The van der Waals surface area contributed by atoms with Crippen LogP contribution in [0.1, 0.15) is 18.5 Å². The van der Waals surface area contributed by atoms with Gasteiger partial charge in [0, 0.05) is 20.2 Å². The summed E-state index contributed by atoms with van der Waals surface area (Å²) < 4.78 is 10.3. The number of hydrogen-bond donors (Lipinski definition) is 0. The van der Waals surface area contributed by atoms with Crippen molar-refractivity contribution in [1.29, 1.82) is 0 Å². The standard InChI is InChI=1S/C10H16N2O2/c1-13-10-3-2-4-12(6-10)5-9-7-14-8-11-9/h7-8,10H,2-6H2,1H3. The molecule has 4 nitrogen and oxygen atoms in total. The number of ether oxygens (including phenoxy) is 1. The Labute approximate surface area is 83.9 Å². The summed E-state index contributed by atoms with van der Waals surface area (Å²) in [5, 5.41) is 0. The summed E-state index contributed by atoms with van der Waals surface area (Å²) in [5.74, 6) is 0. The number of methoxy groups -OCH3 is 1. The van der Waals surface area contributed by atoms with E-state index in [9.17, 15) is 0 Å². The Morgan fingerprint density at radius 2 is 2.64 bits per heavy atom. The van der Waals surface area contributed by atoms with Gasteiger partial charge in [-0.05, 0) is 19.4 Å². The third kappa shape index (κ3) is 2.33. The van der Waals surface area contributed by atoms with Gasteiger partial charge in [-0.1, -0.05) is 0 Å². The van der Waals surface area contributed by atoms with Crippen LogP contribution in [0.15, 0.2) is 17.1 Å². The maximum absolute atomic E-state index is 5.36. The molecule has 1 aliphatic heterocycles. The second-order valence-electron chi connectivity index (χ2n) is 3.71. The van der Waals surface area contributed by atoms with Gasteiger partial charge in [-0.25, -0.2) is 4.98 Å². The van der Waals surface area contributed by atoms with Crippen molar-refractivity contribution in [2.75, 3.05) is 20.2 Å². The van der Waals surface area contributed by atoms with E-state index in [0.29, 0.717) is 6.10 Å². The van der Waals surface area contributed by atoms with Crippen LogP contribution in [-0.2, 0) is 11.3 Å². The summed E-state index contributed by atoms with van der Waals surface area (Å²) >= 11 is 0. The predicted octanol–water partition coefficient (Wildman–Crippen LogP) is 1.29. The lowest BCUT2D eigenvalue weighted by Gasteiger charge is -2.31. The molecule has 0 spiro atoms. The molecule has 2 rings (SSSR count). The van der Waals surface area contributed by atoms with Crippen molar-refractivity contribution in [1.82, 2.24) is 9.88 Å². The molecule has 1 unspecified atom stereocenters. The summed E-state index contributed by atoms with van der Waals surface area (Å²) in [6, 6.07) is 0. The number of piperidine rings is 1. The highest BCUT2D eigenvalue weighted by molar-refractivity contribution is 4.91. The van der Waals surface area contributed by atoms with Gasteiger partial charge in [-0.3, -0.25) is 4.90 Å². The van der Waals surface area contributed by atoms with Crippen LogP contribution in [0.3, 0.4) is 0 Å². The lowest BCUT2D eigenvalue weighted by molar-refractivity contribution is 0.0281. The van der Waals surface area contributed by atoms with E-state index in [1.165, 1.54) is 19.2 Å². The molecule has 0 aromatic carbocycles. The zero-order valence-electron chi connectivity index (χ0n) is 8.48. The first-order valence-electron chi connectivity index (χ1n) is 5.00. The summed E-state index contributed by atoms with van der Waals surface area (Å²) in [6.45, 7) is 3.01. The van der Waals surface area contributed by atoms with Gasteiger partial charge in [0.05, 0.1) is 11.8 Å². The van der Waals surface area contributed by atoms with Crippen molar-refractivity contribution in [3.63, 3.8) is 0 Å². The van der Waals surface area contributed by atoms with Gasteiger partial charge in [0.2, 0.25) is 0 Å². The third-order valence-electron chi connectivity index (χ3n) is 2.66. The monoisotopic (exact) mass is 196 g/mol. The molecule has 1 aromatic heterocycles. The number of oxazole rings is 1. The van der Waals surface area contributed by atoms with Crippen molar-refractivity contribution < 1.29 is 9.15 Å². The van der Waals surface area contributed by atoms with Gasteiger partial charge in [0.25, 0.3) is 0 Å². The Morgan fingerprint density at radius 1 is 1.71 bits per heavy atom. The van der Waals surface area contributed by atoms with Crippen LogP contribution in [0.2, 0.25) is 0 Å². The van der Waals surface area contributed by atoms with Gasteiger partial charge >= 0.3 is 0 Å². The van der Waals surface area contributed by atoms with Crippen LogP contribution < -0.4 is 0 Å². The normalized spacial score (nSPS) is 23.9. The third-order valence-corrected chi connectivity index (χ3v) is 2.66. The Balaban J connectivity index is 1.86. The Hall–Kier alpha value is -0.870. The maximum atomic E-state index is 5.36. The Morgan fingerprint density at radius 3 is 3.36 bits per heavy atom. The molecule has 1 fully saturated rings. The molecule has 14 heavy (non-hydrogen) atoms. The number of rotatable bonds is 3. The molecule has 0 aliphatic carbocycles. The number of aromatic nitrogens is 1.